The van der Waals surface area contributed by atoms with Crippen LogP contribution < -0.4 is 0 Å². The summed E-state index contributed by atoms with van der Waals surface area (Å²) in [6.07, 6.45) is 1.34. The number of ether oxygens (including phenoxy) is 1. The van der Waals surface area contributed by atoms with Gasteiger partial charge in [-0.05, 0) is 6.42 Å². The quantitative estimate of drug-likeness (QED) is 0.456. The van der Waals surface area contributed by atoms with Crippen LogP contribution in [-0.4, -0.2) is 22.8 Å². The summed E-state index contributed by atoms with van der Waals surface area (Å²) >= 11 is 0. The number of carboxylic acids is 1. The molecule has 4 nitrogen and oxygen atoms in total. The highest BCUT2D eigenvalue weighted by atomic mass is 16.6. The van der Waals surface area contributed by atoms with E-state index < -0.39 is 11.9 Å². The van der Waals surface area contributed by atoms with Gasteiger partial charge in [-0.15, -0.1) is 0 Å². The van der Waals surface area contributed by atoms with Gasteiger partial charge in [0.2, 0.25) is 0 Å². The molecule has 0 rings (SSSR count). The number of aliphatic carboxylic acids is 1. The van der Waals surface area contributed by atoms with Crippen molar-refractivity contribution >= 4 is 5.97 Å². The van der Waals surface area contributed by atoms with Gasteiger partial charge in [0.1, 0.15) is 6.08 Å². The predicted molar refractivity (Wildman–Crippen MR) is 34.6 cm³/mol. The molecule has 2 N–H and O–H groups in total. The van der Waals surface area contributed by atoms with Gasteiger partial charge >= 0.3 is 5.97 Å². The molecule has 0 fully saturated rings. The van der Waals surface area contributed by atoms with E-state index in [1.54, 1.807) is 0 Å². The topological polar surface area (TPSA) is 66.8 Å². The van der Waals surface area contributed by atoms with Crippen LogP contribution in [0.1, 0.15) is 13.3 Å². The molecule has 0 radical (unpaired) electrons. The van der Waals surface area contributed by atoms with Crippen LogP contribution in [0.5, 0.6) is 0 Å². The molecule has 0 aromatic rings. The Morgan fingerprint density at radius 1 is 1.60 bits per heavy atom. The highest BCUT2D eigenvalue weighted by molar-refractivity contribution is 5.79. The van der Waals surface area contributed by atoms with Gasteiger partial charge in [0.25, 0.3) is 5.95 Å². The van der Waals surface area contributed by atoms with Crippen molar-refractivity contribution in [2.75, 3.05) is 6.61 Å². The van der Waals surface area contributed by atoms with Crippen molar-refractivity contribution < 1.29 is 19.7 Å². The van der Waals surface area contributed by atoms with E-state index >= 15 is 0 Å². The van der Waals surface area contributed by atoms with E-state index in [9.17, 15) is 4.79 Å². The Morgan fingerprint density at radius 2 is 2.20 bits per heavy atom. The molecular formula is C6H10O4. The van der Waals surface area contributed by atoms with Gasteiger partial charge in [-0.25, -0.2) is 4.79 Å². The van der Waals surface area contributed by atoms with Crippen molar-refractivity contribution in [3.8, 4) is 0 Å². The molecule has 0 aromatic heterocycles. The number of carbonyl (C=O) groups is 1. The minimum Gasteiger partial charge on any atom is -0.481 e. The molecule has 0 aliphatic heterocycles. The fraction of sp³-hybridized carbons (Fsp3) is 0.500. The second-order valence-corrected chi connectivity index (χ2v) is 1.67. The molecule has 0 saturated carbocycles. The molecular weight excluding hydrogens is 136 g/mol. The lowest BCUT2D eigenvalue weighted by molar-refractivity contribution is -0.131. The maximum absolute atomic E-state index is 9.86. The third kappa shape index (κ3) is 4.96. The van der Waals surface area contributed by atoms with E-state index in [0.29, 0.717) is 12.7 Å². The van der Waals surface area contributed by atoms with Gasteiger partial charge in [0, 0.05) is 0 Å². The molecule has 0 spiro atoms. The van der Waals surface area contributed by atoms with Gasteiger partial charge in [-0.3, -0.25) is 0 Å². The molecule has 0 aliphatic carbocycles. The normalized spacial score (nSPS) is 11.1. The fourth-order valence-corrected chi connectivity index (χ4v) is 0.354. The van der Waals surface area contributed by atoms with Crippen molar-refractivity contribution in [1.29, 1.82) is 0 Å². The first-order valence-electron chi connectivity index (χ1n) is 2.93. The van der Waals surface area contributed by atoms with E-state index in [1.807, 2.05) is 6.92 Å². The first-order chi connectivity index (χ1) is 4.66. The van der Waals surface area contributed by atoms with E-state index in [2.05, 4.69) is 4.74 Å². The molecule has 0 unspecified atom stereocenters. The molecule has 0 heterocycles. The van der Waals surface area contributed by atoms with Gasteiger partial charge in [0.15, 0.2) is 0 Å². The minimum atomic E-state index is -1.21. The predicted octanol–water partition coefficient (Wildman–Crippen LogP) is 0.897. The molecule has 0 atom stereocenters. The lowest BCUT2D eigenvalue weighted by atomic mass is 10.5. The van der Waals surface area contributed by atoms with E-state index in [4.69, 9.17) is 10.2 Å². The van der Waals surface area contributed by atoms with Crippen LogP contribution in [0.4, 0.5) is 0 Å². The zero-order valence-corrected chi connectivity index (χ0v) is 5.70. The third-order valence-corrected chi connectivity index (χ3v) is 0.701. The van der Waals surface area contributed by atoms with Crippen molar-refractivity contribution in [3.63, 3.8) is 0 Å². The van der Waals surface area contributed by atoms with Gasteiger partial charge in [0.05, 0.1) is 6.61 Å². The van der Waals surface area contributed by atoms with Crippen molar-refractivity contribution in [2.24, 2.45) is 0 Å². The average molecular weight is 146 g/mol. The third-order valence-electron chi connectivity index (χ3n) is 0.701. The Kier molecular flexibility index (Phi) is 4.11. The second kappa shape index (κ2) is 4.67. The summed E-state index contributed by atoms with van der Waals surface area (Å²) < 4.78 is 4.54. The fourth-order valence-electron chi connectivity index (χ4n) is 0.354. The van der Waals surface area contributed by atoms with Crippen molar-refractivity contribution in [1.82, 2.24) is 0 Å². The lowest BCUT2D eigenvalue weighted by Gasteiger charge is -1.99. The largest absolute Gasteiger partial charge is 0.481 e. The Hall–Kier alpha value is -1.19. The van der Waals surface area contributed by atoms with Crippen LogP contribution in [0.3, 0.4) is 0 Å². The Balaban J connectivity index is 3.60. The molecule has 0 bridgehead atoms. The Labute approximate surface area is 58.7 Å². The first kappa shape index (κ1) is 8.81. The Bertz CT molecular complexity index is 139. The smallest absolute Gasteiger partial charge is 0.335 e. The van der Waals surface area contributed by atoms with Crippen LogP contribution in [-0.2, 0) is 9.53 Å². The molecule has 0 saturated heterocycles. The number of aliphatic hydroxyl groups excluding tert-OH is 1. The number of hydrogen-bond acceptors (Lipinski definition) is 3. The number of rotatable bonds is 4. The van der Waals surface area contributed by atoms with Crippen LogP contribution in [0.2, 0.25) is 0 Å². The second-order valence-electron chi connectivity index (χ2n) is 1.67. The number of carboxylic acid groups (broad SMARTS) is 1. The molecule has 58 valence electrons. The summed E-state index contributed by atoms with van der Waals surface area (Å²) in [5.41, 5.74) is 0. The van der Waals surface area contributed by atoms with Crippen LogP contribution in [0.15, 0.2) is 12.0 Å². The molecule has 0 amide bonds. The summed E-state index contributed by atoms with van der Waals surface area (Å²) in [4.78, 5) is 9.86. The van der Waals surface area contributed by atoms with Gasteiger partial charge < -0.3 is 14.9 Å². The summed E-state index contributed by atoms with van der Waals surface area (Å²) in [6.45, 7) is 2.18. The van der Waals surface area contributed by atoms with Crippen molar-refractivity contribution in [2.45, 2.75) is 13.3 Å². The maximum Gasteiger partial charge on any atom is 0.335 e. The van der Waals surface area contributed by atoms with Crippen LogP contribution in [0.25, 0.3) is 0 Å². The SMILES string of the molecule is CCCO/C(O)=C/C(=O)O. The number of hydrogen-bond donors (Lipinski definition) is 2. The van der Waals surface area contributed by atoms with Crippen LogP contribution in [0, 0.1) is 0 Å². The van der Waals surface area contributed by atoms with E-state index in [-0.39, 0.29) is 0 Å². The number of aliphatic hydroxyl groups is 1. The average Bonchev–Trinajstić information content (AvgIpc) is 1.82. The zero-order chi connectivity index (χ0) is 7.98. The summed E-state index contributed by atoms with van der Waals surface area (Å²) in [5, 5.41) is 16.7. The molecule has 4 heteroatoms. The highest BCUT2D eigenvalue weighted by Crippen LogP contribution is 1.91. The van der Waals surface area contributed by atoms with Crippen LogP contribution >= 0.6 is 0 Å². The molecule has 10 heavy (non-hydrogen) atoms. The summed E-state index contributed by atoms with van der Waals surface area (Å²) in [5.74, 6) is -1.76. The highest BCUT2D eigenvalue weighted by Gasteiger charge is 1.95. The molecule has 0 aromatic carbocycles. The van der Waals surface area contributed by atoms with Crippen molar-refractivity contribution in [3.05, 3.63) is 12.0 Å². The monoisotopic (exact) mass is 146 g/mol. The van der Waals surface area contributed by atoms with Gasteiger partial charge in [-0.2, -0.15) is 0 Å². The summed E-state index contributed by atoms with van der Waals surface area (Å²) in [7, 11) is 0. The minimum absolute atomic E-state index is 0.329. The zero-order valence-electron chi connectivity index (χ0n) is 5.70. The first-order valence-corrected chi connectivity index (χ1v) is 2.93. The maximum atomic E-state index is 9.86. The van der Waals surface area contributed by atoms with E-state index in [1.165, 1.54) is 0 Å². The standard InChI is InChI=1S/C6H10O4/c1-2-3-10-6(9)4-5(7)8/h4,9H,2-3H2,1H3,(H,7,8)/b6-4+. The lowest BCUT2D eigenvalue weighted by Crippen LogP contribution is -1.97. The Morgan fingerprint density at radius 3 is 2.60 bits per heavy atom. The van der Waals surface area contributed by atoms with Gasteiger partial charge in [-0.1, -0.05) is 6.92 Å². The summed E-state index contributed by atoms with van der Waals surface area (Å²) in [6, 6.07) is 0. The molecule has 0 aliphatic rings. The van der Waals surface area contributed by atoms with E-state index in [0.717, 1.165) is 6.42 Å².